The fourth-order valence-electron chi connectivity index (χ4n) is 1.74. The fourth-order valence-corrected chi connectivity index (χ4v) is 2.25. The summed E-state index contributed by atoms with van der Waals surface area (Å²) in [6, 6.07) is 11.5. The van der Waals surface area contributed by atoms with Crippen LogP contribution in [-0.4, -0.2) is 5.88 Å². The van der Waals surface area contributed by atoms with Crippen molar-refractivity contribution in [2.75, 3.05) is 5.88 Å². The van der Waals surface area contributed by atoms with Crippen molar-refractivity contribution in [3.8, 4) is 11.3 Å². The van der Waals surface area contributed by atoms with Crippen LogP contribution in [0.5, 0.6) is 0 Å². The van der Waals surface area contributed by atoms with Crippen LogP contribution in [0, 0.1) is 5.92 Å². The smallest absolute Gasteiger partial charge is 0.134 e. The standard InChI is InChI=1S/C16H16Cl2O/c1-11(2)13(10-17)9-15-7-8-16(19-15)12-3-5-14(18)6-4-12/h3-9,11H,10H2,1-2H3. The lowest BCUT2D eigenvalue weighted by Crippen LogP contribution is -1.94. The van der Waals surface area contributed by atoms with E-state index in [1.165, 1.54) is 5.57 Å². The number of benzene rings is 1. The monoisotopic (exact) mass is 294 g/mol. The predicted octanol–water partition coefficient (Wildman–Crippen LogP) is 5.88. The zero-order valence-electron chi connectivity index (χ0n) is 11.0. The third kappa shape index (κ3) is 3.65. The summed E-state index contributed by atoms with van der Waals surface area (Å²) in [7, 11) is 0. The van der Waals surface area contributed by atoms with Gasteiger partial charge in [-0.3, -0.25) is 0 Å². The zero-order chi connectivity index (χ0) is 13.8. The minimum absolute atomic E-state index is 0.418. The minimum Gasteiger partial charge on any atom is -0.457 e. The molecule has 0 unspecified atom stereocenters. The van der Waals surface area contributed by atoms with Gasteiger partial charge in [0.1, 0.15) is 11.5 Å². The molecule has 100 valence electrons. The molecular weight excluding hydrogens is 279 g/mol. The van der Waals surface area contributed by atoms with Crippen molar-refractivity contribution < 1.29 is 4.42 Å². The lowest BCUT2D eigenvalue weighted by molar-refractivity contribution is 0.570. The molecule has 2 rings (SSSR count). The van der Waals surface area contributed by atoms with Crippen LogP contribution in [0.2, 0.25) is 5.02 Å². The van der Waals surface area contributed by atoms with Gasteiger partial charge in [0.05, 0.1) is 0 Å². The van der Waals surface area contributed by atoms with E-state index in [0.717, 1.165) is 22.1 Å². The van der Waals surface area contributed by atoms with Crippen molar-refractivity contribution in [1.29, 1.82) is 0 Å². The molecule has 0 aliphatic rings. The molecule has 1 aromatic carbocycles. The fraction of sp³-hybridized carbons (Fsp3) is 0.250. The van der Waals surface area contributed by atoms with Crippen molar-refractivity contribution in [2.24, 2.45) is 5.92 Å². The van der Waals surface area contributed by atoms with Crippen LogP contribution in [0.3, 0.4) is 0 Å². The van der Waals surface area contributed by atoms with E-state index >= 15 is 0 Å². The van der Waals surface area contributed by atoms with E-state index in [9.17, 15) is 0 Å². The summed E-state index contributed by atoms with van der Waals surface area (Å²) >= 11 is 11.8. The van der Waals surface area contributed by atoms with Crippen LogP contribution < -0.4 is 0 Å². The van der Waals surface area contributed by atoms with Gasteiger partial charge in [-0.15, -0.1) is 11.6 Å². The van der Waals surface area contributed by atoms with Crippen LogP contribution in [-0.2, 0) is 0 Å². The highest BCUT2D eigenvalue weighted by molar-refractivity contribution is 6.30. The van der Waals surface area contributed by atoms with Gasteiger partial charge in [-0.2, -0.15) is 0 Å². The molecule has 3 heteroatoms. The highest BCUT2D eigenvalue weighted by Crippen LogP contribution is 2.25. The van der Waals surface area contributed by atoms with E-state index < -0.39 is 0 Å². The Balaban J connectivity index is 2.26. The number of alkyl halides is 1. The summed E-state index contributed by atoms with van der Waals surface area (Å²) in [6.45, 7) is 4.24. The lowest BCUT2D eigenvalue weighted by atomic mass is 10.0. The Morgan fingerprint density at radius 3 is 2.42 bits per heavy atom. The molecule has 0 saturated heterocycles. The quantitative estimate of drug-likeness (QED) is 0.642. The minimum atomic E-state index is 0.418. The van der Waals surface area contributed by atoms with Gasteiger partial charge in [-0.25, -0.2) is 0 Å². The largest absolute Gasteiger partial charge is 0.457 e. The normalized spacial score (nSPS) is 12.2. The summed E-state index contributed by atoms with van der Waals surface area (Å²) in [6.07, 6.45) is 2.01. The molecule has 1 aromatic heterocycles. The second-order valence-corrected chi connectivity index (χ2v) is 5.42. The van der Waals surface area contributed by atoms with Gasteiger partial charge >= 0.3 is 0 Å². The second-order valence-electron chi connectivity index (χ2n) is 4.72. The third-order valence-corrected chi connectivity index (χ3v) is 3.54. The van der Waals surface area contributed by atoms with Crippen molar-refractivity contribution in [3.63, 3.8) is 0 Å². The van der Waals surface area contributed by atoms with E-state index in [0.29, 0.717) is 11.8 Å². The van der Waals surface area contributed by atoms with Crippen molar-refractivity contribution in [1.82, 2.24) is 0 Å². The summed E-state index contributed by atoms with van der Waals surface area (Å²) < 4.78 is 5.81. The van der Waals surface area contributed by atoms with Crippen molar-refractivity contribution in [3.05, 3.63) is 52.8 Å². The predicted molar refractivity (Wildman–Crippen MR) is 82.7 cm³/mol. The molecule has 19 heavy (non-hydrogen) atoms. The highest BCUT2D eigenvalue weighted by atomic mass is 35.5. The third-order valence-electron chi connectivity index (χ3n) is 2.98. The first-order valence-corrected chi connectivity index (χ1v) is 7.13. The summed E-state index contributed by atoms with van der Waals surface area (Å²) in [5.74, 6) is 2.60. The van der Waals surface area contributed by atoms with Crippen LogP contribution in [0.15, 0.2) is 46.4 Å². The Morgan fingerprint density at radius 2 is 1.84 bits per heavy atom. The molecule has 0 saturated carbocycles. The molecule has 0 aliphatic heterocycles. The van der Waals surface area contributed by atoms with Crippen molar-refractivity contribution in [2.45, 2.75) is 13.8 Å². The average Bonchev–Trinajstić information content (AvgIpc) is 2.85. The molecule has 1 heterocycles. The van der Waals surface area contributed by atoms with Crippen molar-refractivity contribution >= 4 is 29.3 Å². The number of hydrogen-bond donors (Lipinski definition) is 0. The Labute approximate surface area is 123 Å². The lowest BCUT2D eigenvalue weighted by Gasteiger charge is -2.06. The number of halogens is 2. The summed E-state index contributed by atoms with van der Waals surface area (Å²) in [5, 5.41) is 0.722. The Hall–Kier alpha value is -1.18. The maximum absolute atomic E-state index is 5.93. The van der Waals surface area contributed by atoms with Crippen LogP contribution in [0.1, 0.15) is 19.6 Å². The second kappa shape index (κ2) is 6.31. The number of hydrogen-bond acceptors (Lipinski definition) is 1. The van der Waals surface area contributed by atoms with Gasteiger partial charge in [0.2, 0.25) is 0 Å². The van der Waals surface area contributed by atoms with Gasteiger partial charge in [-0.1, -0.05) is 25.4 Å². The first-order valence-electron chi connectivity index (χ1n) is 6.22. The van der Waals surface area contributed by atoms with Crippen LogP contribution in [0.25, 0.3) is 17.4 Å². The highest BCUT2D eigenvalue weighted by Gasteiger charge is 2.06. The molecule has 2 aromatic rings. The molecule has 0 atom stereocenters. The number of allylic oxidation sites excluding steroid dienone is 1. The Morgan fingerprint density at radius 1 is 1.16 bits per heavy atom. The van der Waals surface area contributed by atoms with Crippen LogP contribution >= 0.6 is 23.2 Å². The van der Waals surface area contributed by atoms with E-state index in [1.54, 1.807) is 0 Å². The molecule has 0 spiro atoms. The summed E-state index contributed by atoms with van der Waals surface area (Å²) in [5.41, 5.74) is 2.18. The first-order chi connectivity index (χ1) is 9.10. The van der Waals surface area contributed by atoms with E-state index in [-0.39, 0.29) is 0 Å². The Bertz CT molecular complexity index is 565. The van der Waals surface area contributed by atoms with E-state index in [2.05, 4.69) is 13.8 Å². The average molecular weight is 295 g/mol. The maximum Gasteiger partial charge on any atom is 0.134 e. The SMILES string of the molecule is CC(C)C(=Cc1ccc(-c2ccc(Cl)cc2)o1)CCl. The Kier molecular flexibility index (Phi) is 4.73. The van der Waals surface area contributed by atoms with Gasteiger partial charge in [-0.05, 0) is 54.0 Å². The first kappa shape index (κ1) is 14.2. The molecule has 0 amide bonds. The molecule has 0 fully saturated rings. The summed E-state index contributed by atoms with van der Waals surface area (Å²) in [4.78, 5) is 0. The van der Waals surface area contributed by atoms with Gasteiger partial charge < -0.3 is 4.42 Å². The zero-order valence-corrected chi connectivity index (χ0v) is 12.5. The van der Waals surface area contributed by atoms with Gasteiger partial charge in [0, 0.05) is 16.5 Å². The number of furan rings is 1. The molecule has 0 aliphatic carbocycles. The van der Waals surface area contributed by atoms with Crippen LogP contribution in [0.4, 0.5) is 0 Å². The number of rotatable bonds is 4. The molecule has 0 bridgehead atoms. The molecule has 1 nitrogen and oxygen atoms in total. The topological polar surface area (TPSA) is 13.1 Å². The molecular formula is C16H16Cl2O. The van der Waals surface area contributed by atoms with E-state index in [1.807, 2.05) is 42.5 Å². The molecule has 0 N–H and O–H groups in total. The van der Waals surface area contributed by atoms with E-state index in [4.69, 9.17) is 27.6 Å². The van der Waals surface area contributed by atoms with Gasteiger partial charge in [0.15, 0.2) is 0 Å². The maximum atomic E-state index is 5.93. The van der Waals surface area contributed by atoms with Gasteiger partial charge in [0.25, 0.3) is 0 Å². The molecule has 0 radical (unpaired) electrons.